The summed E-state index contributed by atoms with van der Waals surface area (Å²) in [5.74, 6) is 0.553. The summed E-state index contributed by atoms with van der Waals surface area (Å²) >= 11 is 3.56. The fourth-order valence-electron chi connectivity index (χ4n) is 4.48. The number of hydrazone groups is 1. The molecule has 1 atom stereocenters. The normalized spacial score (nSPS) is 15.4. The zero-order chi connectivity index (χ0) is 23.8. The number of nitrogens with one attached hydrogen (secondary N) is 1. The van der Waals surface area contributed by atoms with Crippen LogP contribution in [0.3, 0.4) is 0 Å². The molecule has 0 saturated carbocycles. The standard InChI is InChI=1S/C27H22BrN3O3/c1-16(32)31-24(17-8-11-20(34-2)12-9-17)15-23(30-31)26-25(18-6-4-3-5-7-18)21-14-19(28)10-13-22(21)29-27(26)33/h3-14,24H,15H2,1-2H3,(H,29,33)/t24-/m1/s1. The maximum atomic E-state index is 13.4. The number of fused-ring (bicyclic) bond motifs is 1. The van der Waals surface area contributed by atoms with Crippen LogP contribution < -0.4 is 10.3 Å². The minimum absolute atomic E-state index is 0.183. The minimum Gasteiger partial charge on any atom is -0.497 e. The van der Waals surface area contributed by atoms with Crippen molar-refractivity contribution in [3.8, 4) is 16.9 Å². The lowest BCUT2D eigenvalue weighted by Gasteiger charge is -2.20. The Hall–Kier alpha value is -3.71. The van der Waals surface area contributed by atoms with Gasteiger partial charge in [-0.1, -0.05) is 58.4 Å². The molecule has 2 heterocycles. The topological polar surface area (TPSA) is 74.8 Å². The zero-order valence-corrected chi connectivity index (χ0v) is 20.3. The van der Waals surface area contributed by atoms with E-state index in [1.165, 1.54) is 11.9 Å². The summed E-state index contributed by atoms with van der Waals surface area (Å²) in [7, 11) is 1.61. The molecule has 1 N–H and O–H groups in total. The largest absolute Gasteiger partial charge is 0.497 e. The first kappa shape index (κ1) is 22.1. The van der Waals surface area contributed by atoms with E-state index < -0.39 is 0 Å². The molecule has 1 aliphatic heterocycles. The molecule has 0 aliphatic carbocycles. The number of carbonyl (C=O) groups excluding carboxylic acids is 1. The van der Waals surface area contributed by atoms with Crippen molar-refractivity contribution >= 4 is 38.5 Å². The lowest BCUT2D eigenvalue weighted by atomic mass is 9.91. The monoisotopic (exact) mass is 515 g/mol. The molecular weight excluding hydrogens is 494 g/mol. The van der Waals surface area contributed by atoms with E-state index in [2.05, 4.69) is 26.0 Å². The SMILES string of the molecule is COc1ccc([C@H]2CC(c3c(-c4ccccc4)c4cc(Br)ccc4[nH]c3=O)=NN2C(C)=O)cc1. The number of methoxy groups -OCH3 is 1. The second-order valence-corrected chi connectivity index (χ2v) is 9.08. The van der Waals surface area contributed by atoms with Gasteiger partial charge in [0, 0.05) is 34.3 Å². The highest BCUT2D eigenvalue weighted by atomic mass is 79.9. The molecule has 0 radical (unpaired) electrons. The number of hydrogen-bond donors (Lipinski definition) is 1. The number of carbonyl (C=O) groups is 1. The van der Waals surface area contributed by atoms with Crippen LogP contribution in [0.4, 0.5) is 0 Å². The third-order valence-electron chi connectivity index (χ3n) is 6.06. The molecule has 0 fully saturated rings. The van der Waals surface area contributed by atoms with Gasteiger partial charge in [0.05, 0.1) is 24.4 Å². The van der Waals surface area contributed by atoms with E-state index in [4.69, 9.17) is 4.74 Å². The first-order valence-corrected chi connectivity index (χ1v) is 11.7. The van der Waals surface area contributed by atoms with E-state index in [1.807, 2.05) is 72.8 Å². The van der Waals surface area contributed by atoms with Crippen LogP contribution in [0, 0.1) is 0 Å². The molecule has 3 aromatic carbocycles. The second-order valence-electron chi connectivity index (χ2n) is 8.16. The molecule has 170 valence electrons. The highest BCUT2D eigenvalue weighted by Crippen LogP contribution is 2.37. The van der Waals surface area contributed by atoms with Crippen LogP contribution in [0.25, 0.3) is 22.0 Å². The summed E-state index contributed by atoms with van der Waals surface area (Å²) in [5, 5.41) is 7.04. The van der Waals surface area contributed by atoms with Gasteiger partial charge < -0.3 is 9.72 Å². The first-order valence-electron chi connectivity index (χ1n) is 10.9. The summed E-state index contributed by atoms with van der Waals surface area (Å²) in [6.45, 7) is 1.49. The predicted molar refractivity (Wildman–Crippen MR) is 137 cm³/mol. The predicted octanol–water partition coefficient (Wildman–Crippen LogP) is 5.66. The van der Waals surface area contributed by atoms with Crippen LogP contribution in [-0.4, -0.2) is 28.7 Å². The molecule has 7 heteroatoms. The van der Waals surface area contributed by atoms with Gasteiger partial charge in [-0.15, -0.1) is 0 Å². The van der Waals surface area contributed by atoms with E-state index in [0.29, 0.717) is 17.7 Å². The van der Waals surface area contributed by atoms with Gasteiger partial charge in [-0.05, 0) is 41.5 Å². The molecular formula is C27H22BrN3O3. The Morgan fingerprint density at radius 3 is 2.47 bits per heavy atom. The number of H-pyrrole nitrogens is 1. The van der Waals surface area contributed by atoms with Gasteiger partial charge in [0.15, 0.2) is 0 Å². The van der Waals surface area contributed by atoms with E-state index in [0.717, 1.165) is 37.8 Å². The average Bonchev–Trinajstić information content (AvgIpc) is 3.29. The molecule has 6 nitrogen and oxygen atoms in total. The highest BCUT2D eigenvalue weighted by molar-refractivity contribution is 9.10. The molecule has 1 amide bonds. The molecule has 0 bridgehead atoms. The lowest BCUT2D eigenvalue weighted by molar-refractivity contribution is -0.130. The molecule has 0 saturated heterocycles. The van der Waals surface area contributed by atoms with Gasteiger partial charge in [-0.3, -0.25) is 9.59 Å². The van der Waals surface area contributed by atoms with Crippen LogP contribution in [0.1, 0.15) is 30.5 Å². The summed E-state index contributed by atoms with van der Waals surface area (Å²) in [6, 6.07) is 22.9. The fraction of sp³-hybridized carbons (Fsp3) is 0.148. The average molecular weight is 516 g/mol. The maximum Gasteiger partial charge on any atom is 0.258 e. The van der Waals surface area contributed by atoms with Gasteiger partial charge in [0.1, 0.15) is 5.75 Å². The third kappa shape index (κ3) is 3.92. The van der Waals surface area contributed by atoms with Crippen LogP contribution in [0.5, 0.6) is 5.75 Å². The van der Waals surface area contributed by atoms with Crippen LogP contribution in [-0.2, 0) is 4.79 Å². The minimum atomic E-state index is -0.306. The van der Waals surface area contributed by atoms with E-state index >= 15 is 0 Å². The smallest absolute Gasteiger partial charge is 0.258 e. The van der Waals surface area contributed by atoms with E-state index in [-0.39, 0.29) is 17.5 Å². The zero-order valence-electron chi connectivity index (χ0n) is 18.7. The summed E-state index contributed by atoms with van der Waals surface area (Å²) in [4.78, 5) is 29.0. The second kappa shape index (κ2) is 8.91. The van der Waals surface area contributed by atoms with Crippen molar-refractivity contribution in [1.82, 2.24) is 9.99 Å². The number of rotatable bonds is 4. The number of ether oxygens (including phenoxy) is 1. The highest BCUT2D eigenvalue weighted by Gasteiger charge is 2.34. The fourth-order valence-corrected chi connectivity index (χ4v) is 4.84. The Balaban J connectivity index is 1.71. The van der Waals surface area contributed by atoms with Crippen molar-refractivity contribution in [3.05, 3.63) is 98.7 Å². The molecule has 0 spiro atoms. The van der Waals surface area contributed by atoms with Crippen molar-refractivity contribution in [2.75, 3.05) is 7.11 Å². The lowest BCUT2D eigenvalue weighted by Crippen LogP contribution is -2.24. The molecule has 0 unspecified atom stereocenters. The van der Waals surface area contributed by atoms with Gasteiger partial charge >= 0.3 is 0 Å². The van der Waals surface area contributed by atoms with Crippen molar-refractivity contribution in [2.24, 2.45) is 5.10 Å². The van der Waals surface area contributed by atoms with Gasteiger partial charge in [0.25, 0.3) is 5.56 Å². The Bertz CT molecular complexity index is 1480. The molecule has 34 heavy (non-hydrogen) atoms. The maximum absolute atomic E-state index is 13.4. The number of pyridine rings is 1. The third-order valence-corrected chi connectivity index (χ3v) is 6.55. The molecule has 5 rings (SSSR count). The quantitative estimate of drug-likeness (QED) is 0.380. The number of hydrogen-bond acceptors (Lipinski definition) is 4. The van der Waals surface area contributed by atoms with Crippen molar-refractivity contribution in [2.45, 2.75) is 19.4 Å². The van der Waals surface area contributed by atoms with Crippen molar-refractivity contribution in [1.29, 1.82) is 0 Å². The number of halogens is 1. The van der Waals surface area contributed by atoms with E-state index in [1.54, 1.807) is 7.11 Å². The molecule has 1 aromatic heterocycles. The van der Waals surface area contributed by atoms with Gasteiger partial charge in [0.2, 0.25) is 5.91 Å². The molecule has 1 aliphatic rings. The van der Waals surface area contributed by atoms with Gasteiger partial charge in [-0.2, -0.15) is 5.10 Å². The van der Waals surface area contributed by atoms with Crippen molar-refractivity contribution in [3.63, 3.8) is 0 Å². The van der Waals surface area contributed by atoms with Crippen molar-refractivity contribution < 1.29 is 9.53 Å². The first-order chi connectivity index (χ1) is 16.5. The van der Waals surface area contributed by atoms with Crippen LogP contribution in [0.15, 0.2) is 87.2 Å². The van der Waals surface area contributed by atoms with E-state index in [9.17, 15) is 9.59 Å². The van der Waals surface area contributed by atoms with Crippen LogP contribution in [0.2, 0.25) is 0 Å². The molecule has 4 aromatic rings. The Kier molecular flexibility index (Phi) is 5.79. The number of amides is 1. The van der Waals surface area contributed by atoms with Crippen LogP contribution >= 0.6 is 15.9 Å². The number of aromatic nitrogens is 1. The Morgan fingerprint density at radius 2 is 1.79 bits per heavy atom. The Morgan fingerprint density at radius 1 is 1.06 bits per heavy atom. The Labute approximate surface area is 205 Å². The number of benzene rings is 3. The summed E-state index contributed by atoms with van der Waals surface area (Å²) < 4.78 is 6.18. The number of nitrogens with zero attached hydrogens (tertiary/aromatic N) is 2. The number of aromatic amines is 1. The summed E-state index contributed by atoms with van der Waals surface area (Å²) in [5.41, 5.74) is 4.22. The van der Waals surface area contributed by atoms with Gasteiger partial charge in [-0.25, -0.2) is 5.01 Å². The summed E-state index contributed by atoms with van der Waals surface area (Å²) in [6.07, 6.45) is 0.425.